The number of fused-ring (bicyclic) bond motifs is 3. The molecule has 0 radical (unpaired) electrons. The van der Waals surface area contributed by atoms with E-state index in [0.29, 0.717) is 17.8 Å². The van der Waals surface area contributed by atoms with Crippen LogP contribution in [0.4, 0.5) is 0 Å². The third kappa shape index (κ3) is 2.97. The van der Waals surface area contributed by atoms with E-state index < -0.39 is 0 Å². The Bertz CT molecular complexity index is 791. The lowest BCUT2D eigenvalue weighted by atomic mass is 9.42. The van der Waals surface area contributed by atoms with E-state index in [9.17, 15) is 5.11 Å². The van der Waals surface area contributed by atoms with Crippen LogP contribution in [-0.4, -0.2) is 35.6 Å². The van der Waals surface area contributed by atoms with Crippen LogP contribution in [0.15, 0.2) is 12.2 Å². The zero-order valence-corrected chi connectivity index (χ0v) is 22.5. The summed E-state index contributed by atoms with van der Waals surface area (Å²) in [6, 6.07) is 0. The maximum atomic E-state index is 10.6. The van der Waals surface area contributed by atoms with Crippen LogP contribution in [0.1, 0.15) is 99.3 Å². The van der Waals surface area contributed by atoms with Crippen LogP contribution in [0, 0.1) is 46.3 Å². The quantitative estimate of drug-likeness (QED) is 0.352. The number of methoxy groups -OCH3 is 1. The van der Waals surface area contributed by atoms with Gasteiger partial charge in [0.1, 0.15) is 11.2 Å². The molecule has 1 saturated heterocycles. The zero-order chi connectivity index (χ0) is 24.0. The van der Waals surface area contributed by atoms with Gasteiger partial charge in [0, 0.05) is 12.5 Å². The van der Waals surface area contributed by atoms with Gasteiger partial charge in [-0.25, -0.2) is 0 Å². The molecule has 0 aromatic carbocycles. The SMILES string of the molecule is C=C1C(O)CCC2(C)C1CC1OC13C2CCC1(C)C(C(C)CCC(C)C(C)C)CCC13OC. The molecule has 1 spiro atoms. The first-order valence-electron chi connectivity index (χ1n) is 14.1. The third-order valence-corrected chi connectivity index (χ3v) is 12.5. The van der Waals surface area contributed by atoms with Crippen molar-refractivity contribution in [1.82, 2.24) is 0 Å². The lowest BCUT2D eigenvalue weighted by molar-refractivity contribution is -0.218. The van der Waals surface area contributed by atoms with Crippen LogP contribution in [-0.2, 0) is 9.47 Å². The number of aliphatic hydroxyl groups is 1. The van der Waals surface area contributed by atoms with Crippen molar-refractivity contribution >= 4 is 0 Å². The molecule has 11 atom stereocenters. The van der Waals surface area contributed by atoms with E-state index in [1.165, 1.54) is 32.1 Å². The summed E-state index contributed by atoms with van der Waals surface area (Å²) in [5, 5.41) is 10.6. The van der Waals surface area contributed by atoms with Gasteiger partial charge in [0.05, 0.1) is 12.2 Å². The Morgan fingerprint density at radius 3 is 2.45 bits per heavy atom. The third-order valence-electron chi connectivity index (χ3n) is 12.5. The monoisotopic (exact) mass is 458 g/mol. The van der Waals surface area contributed by atoms with Crippen molar-refractivity contribution in [3.8, 4) is 0 Å². The minimum absolute atomic E-state index is 0.123. The highest BCUT2D eigenvalue weighted by Gasteiger charge is 2.85. The van der Waals surface area contributed by atoms with Crippen LogP contribution in [0.2, 0.25) is 0 Å². The Hall–Kier alpha value is -0.380. The van der Waals surface area contributed by atoms with E-state index in [1.807, 2.05) is 7.11 Å². The van der Waals surface area contributed by atoms with Crippen LogP contribution >= 0.6 is 0 Å². The summed E-state index contributed by atoms with van der Waals surface area (Å²) in [5.41, 5.74) is 1.14. The molecule has 3 heteroatoms. The molecular formula is C30H50O3. The van der Waals surface area contributed by atoms with Crippen LogP contribution in [0.3, 0.4) is 0 Å². The lowest BCUT2D eigenvalue weighted by Crippen LogP contribution is -2.69. The lowest BCUT2D eigenvalue weighted by Gasteiger charge is -2.63. The summed E-state index contributed by atoms with van der Waals surface area (Å²) >= 11 is 0. The Labute approximate surface area is 203 Å². The first-order valence-corrected chi connectivity index (χ1v) is 14.1. The Balaban J connectivity index is 1.44. The van der Waals surface area contributed by atoms with Crippen molar-refractivity contribution in [1.29, 1.82) is 0 Å². The molecule has 0 amide bonds. The van der Waals surface area contributed by atoms with E-state index in [-0.39, 0.29) is 34.2 Å². The fourth-order valence-electron chi connectivity index (χ4n) is 10.1. The second-order valence-electron chi connectivity index (χ2n) is 13.8. The van der Waals surface area contributed by atoms with Crippen molar-refractivity contribution in [3.63, 3.8) is 0 Å². The normalized spacial score (nSPS) is 52.5. The topological polar surface area (TPSA) is 42.0 Å². The molecule has 1 aliphatic heterocycles. The summed E-state index contributed by atoms with van der Waals surface area (Å²) in [4.78, 5) is 0. The molecule has 4 saturated carbocycles. The molecule has 0 aromatic heterocycles. The Morgan fingerprint density at radius 1 is 1.06 bits per heavy atom. The molecule has 1 N–H and O–H groups in total. The van der Waals surface area contributed by atoms with Gasteiger partial charge in [-0.3, -0.25) is 0 Å². The maximum absolute atomic E-state index is 10.6. The second kappa shape index (κ2) is 7.81. The van der Waals surface area contributed by atoms with Crippen molar-refractivity contribution in [3.05, 3.63) is 12.2 Å². The Morgan fingerprint density at radius 2 is 1.79 bits per heavy atom. The smallest absolute Gasteiger partial charge is 0.127 e. The number of hydrogen-bond donors (Lipinski definition) is 1. The first kappa shape index (κ1) is 24.3. The molecule has 188 valence electrons. The van der Waals surface area contributed by atoms with Gasteiger partial charge >= 0.3 is 0 Å². The summed E-state index contributed by atoms with van der Waals surface area (Å²) in [5.74, 6) is 3.91. The summed E-state index contributed by atoms with van der Waals surface area (Å²) in [6.45, 7) is 19.1. The predicted octanol–water partition coefficient (Wildman–Crippen LogP) is 6.78. The van der Waals surface area contributed by atoms with Crippen LogP contribution in [0.5, 0.6) is 0 Å². The van der Waals surface area contributed by atoms with E-state index in [0.717, 1.165) is 49.0 Å². The number of epoxide rings is 1. The van der Waals surface area contributed by atoms with E-state index in [1.54, 1.807) is 0 Å². The van der Waals surface area contributed by atoms with E-state index in [2.05, 4.69) is 48.1 Å². The van der Waals surface area contributed by atoms with Gasteiger partial charge in [-0.05, 0) is 91.4 Å². The fraction of sp³-hybridized carbons (Fsp3) is 0.933. The van der Waals surface area contributed by atoms with Crippen molar-refractivity contribution in [2.45, 2.75) is 123 Å². The number of hydrogen-bond acceptors (Lipinski definition) is 3. The Kier molecular flexibility index (Phi) is 5.75. The highest BCUT2D eigenvalue weighted by molar-refractivity contribution is 5.36. The van der Waals surface area contributed by atoms with E-state index >= 15 is 0 Å². The highest BCUT2D eigenvalue weighted by atomic mass is 16.6. The molecule has 5 aliphatic rings. The summed E-state index contributed by atoms with van der Waals surface area (Å²) < 4.78 is 13.6. The van der Waals surface area contributed by atoms with Gasteiger partial charge in [0.2, 0.25) is 0 Å². The average Bonchev–Trinajstić information content (AvgIpc) is 3.40. The molecule has 5 fully saturated rings. The van der Waals surface area contributed by atoms with Crippen LogP contribution in [0.25, 0.3) is 0 Å². The number of aliphatic hydroxyl groups excluding tert-OH is 1. The van der Waals surface area contributed by atoms with Crippen LogP contribution < -0.4 is 0 Å². The summed E-state index contributed by atoms with van der Waals surface area (Å²) in [6.07, 6.45) is 10.5. The maximum Gasteiger partial charge on any atom is 0.127 e. The highest BCUT2D eigenvalue weighted by Crippen LogP contribution is 2.78. The minimum Gasteiger partial charge on any atom is -0.389 e. The van der Waals surface area contributed by atoms with Gasteiger partial charge < -0.3 is 14.6 Å². The molecular weight excluding hydrogens is 408 g/mol. The second-order valence-corrected chi connectivity index (χ2v) is 13.8. The first-order chi connectivity index (χ1) is 15.5. The molecule has 11 unspecified atom stereocenters. The standard InChI is InChI=1S/C30H50O3/c1-18(2)19(3)9-10-20(4)22-11-16-29(32-8)28(22,7)15-13-25-27(6)14-12-24(31)21(5)23(27)17-26-30(25,29)33-26/h18-20,22-26,31H,5,9-17H2,1-4,6-8H3. The van der Waals surface area contributed by atoms with Gasteiger partial charge in [-0.15, -0.1) is 0 Å². The van der Waals surface area contributed by atoms with Gasteiger partial charge in [0.15, 0.2) is 0 Å². The number of ether oxygens (including phenoxy) is 2. The summed E-state index contributed by atoms with van der Waals surface area (Å²) in [7, 11) is 1.99. The zero-order valence-electron chi connectivity index (χ0n) is 22.5. The molecule has 3 nitrogen and oxygen atoms in total. The van der Waals surface area contributed by atoms with Gasteiger partial charge in [0.25, 0.3) is 0 Å². The number of rotatable bonds is 6. The van der Waals surface area contributed by atoms with Gasteiger partial charge in [-0.2, -0.15) is 0 Å². The predicted molar refractivity (Wildman–Crippen MR) is 134 cm³/mol. The average molecular weight is 459 g/mol. The van der Waals surface area contributed by atoms with Crippen molar-refractivity contribution < 1.29 is 14.6 Å². The van der Waals surface area contributed by atoms with Crippen molar-refractivity contribution in [2.24, 2.45) is 46.3 Å². The van der Waals surface area contributed by atoms with Gasteiger partial charge in [-0.1, -0.05) is 61.0 Å². The minimum atomic E-state index is -0.329. The van der Waals surface area contributed by atoms with Crippen molar-refractivity contribution in [2.75, 3.05) is 7.11 Å². The molecule has 4 aliphatic carbocycles. The fourth-order valence-corrected chi connectivity index (χ4v) is 10.1. The molecule has 5 rings (SSSR count). The molecule has 0 aromatic rings. The molecule has 1 heterocycles. The van der Waals surface area contributed by atoms with E-state index in [4.69, 9.17) is 9.47 Å². The molecule has 0 bridgehead atoms. The molecule has 33 heavy (non-hydrogen) atoms. The largest absolute Gasteiger partial charge is 0.389 e.